The first-order chi connectivity index (χ1) is 15.2. The summed E-state index contributed by atoms with van der Waals surface area (Å²) in [5, 5.41) is 9.49. The van der Waals surface area contributed by atoms with Crippen molar-refractivity contribution in [3.8, 4) is 11.3 Å². The van der Waals surface area contributed by atoms with E-state index in [1.54, 1.807) is 19.1 Å². The number of benzene rings is 2. The summed E-state index contributed by atoms with van der Waals surface area (Å²) >= 11 is 0. The zero-order chi connectivity index (χ0) is 23.4. The summed E-state index contributed by atoms with van der Waals surface area (Å²) in [4.78, 5) is 36.7. The summed E-state index contributed by atoms with van der Waals surface area (Å²) in [6.45, 7) is 5.05. The number of hydrogen-bond acceptors (Lipinski definition) is 4. The lowest BCUT2D eigenvalue weighted by Crippen LogP contribution is -2.33. The van der Waals surface area contributed by atoms with E-state index in [1.807, 2.05) is 13.0 Å². The molecule has 0 aliphatic carbocycles. The van der Waals surface area contributed by atoms with E-state index in [1.165, 1.54) is 19.1 Å². The third-order valence-electron chi connectivity index (χ3n) is 4.83. The van der Waals surface area contributed by atoms with Gasteiger partial charge >= 0.3 is 0 Å². The van der Waals surface area contributed by atoms with Gasteiger partial charge in [0.1, 0.15) is 17.7 Å². The van der Waals surface area contributed by atoms with E-state index in [-0.39, 0.29) is 11.6 Å². The molecule has 0 saturated carbocycles. The first kappa shape index (κ1) is 22.8. The second-order valence-corrected chi connectivity index (χ2v) is 7.26. The molecule has 0 spiro atoms. The molecule has 1 heterocycles. The Hall–Kier alpha value is -3.88. The number of nitrogens with one attached hydrogen (secondary N) is 2. The van der Waals surface area contributed by atoms with Crippen molar-refractivity contribution in [2.45, 2.75) is 33.2 Å². The van der Waals surface area contributed by atoms with Gasteiger partial charge in [0, 0.05) is 35.5 Å². The molecule has 0 saturated heterocycles. The summed E-state index contributed by atoms with van der Waals surface area (Å²) in [7, 11) is 0. The van der Waals surface area contributed by atoms with E-state index >= 15 is 0 Å². The number of aryl methyl sites for hydroxylation is 1. The Morgan fingerprint density at radius 3 is 2.38 bits per heavy atom. The fourth-order valence-corrected chi connectivity index (χ4v) is 3.00. The second kappa shape index (κ2) is 9.51. The lowest BCUT2D eigenvalue weighted by atomic mass is 10.1. The molecule has 2 amide bonds. The molecule has 0 radical (unpaired) electrons. The van der Waals surface area contributed by atoms with Crippen LogP contribution in [0.5, 0.6) is 0 Å². The number of hydrogen-bond donors (Lipinski definition) is 2. The highest BCUT2D eigenvalue weighted by Crippen LogP contribution is 2.24. The number of carbonyl (C=O) groups is 2. The molecule has 32 heavy (non-hydrogen) atoms. The number of carbonyl (C=O) groups excluding carboxylic acids is 2. The molecule has 2 N–H and O–H groups in total. The normalized spacial score (nSPS) is 11.7. The quantitative estimate of drug-likeness (QED) is 0.605. The van der Waals surface area contributed by atoms with Crippen LogP contribution in [0.3, 0.4) is 0 Å². The summed E-state index contributed by atoms with van der Waals surface area (Å²) in [6.07, 6.45) is 0.328. The predicted molar refractivity (Wildman–Crippen MR) is 117 cm³/mol. The minimum atomic E-state index is -1.06. The van der Waals surface area contributed by atoms with Crippen molar-refractivity contribution in [2.75, 3.05) is 10.6 Å². The van der Waals surface area contributed by atoms with Crippen molar-refractivity contribution >= 4 is 23.2 Å². The van der Waals surface area contributed by atoms with Gasteiger partial charge in [0.2, 0.25) is 11.8 Å². The Labute approximate surface area is 183 Å². The zero-order valence-electron chi connectivity index (χ0n) is 17.8. The van der Waals surface area contributed by atoms with Gasteiger partial charge < -0.3 is 10.6 Å². The third kappa shape index (κ3) is 5.23. The average Bonchev–Trinajstić information content (AvgIpc) is 2.74. The van der Waals surface area contributed by atoms with E-state index in [0.29, 0.717) is 29.4 Å². The smallest absolute Gasteiger partial charge is 0.267 e. The largest absolute Gasteiger partial charge is 0.326 e. The number of rotatable bonds is 6. The Morgan fingerprint density at radius 2 is 1.72 bits per heavy atom. The number of halogens is 2. The maximum Gasteiger partial charge on any atom is 0.267 e. The lowest BCUT2D eigenvalue weighted by Gasteiger charge is -2.16. The molecule has 3 rings (SSSR count). The molecular formula is C23H22F2N4O3. The summed E-state index contributed by atoms with van der Waals surface area (Å²) in [5.74, 6) is -2.48. The Kier molecular flexibility index (Phi) is 6.77. The van der Waals surface area contributed by atoms with Gasteiger partial charge in [-0.2, -0.15) is 5.10 Å². The number of aromatic nitrogens is 2. The monoisotopic (exact) mass is 440 g/mol. The van der Waals surface area contributed by atoms with E-state index in [2.05, 4.69) is 15.7 Å². The van der Waals surface area contributed by atoms with Gasteiger partial charge in [-0.05, 0) is 43.7 Å². The van der Waals surface area contributed by atoms with Crippen LogP contribution in [0.1, 0.15) is 31.9 Å². The van der Waals surface area contributed by atoms with Crippen LogP contribution in [-0.4, -0.2) is 21.6 Å². The molecule has 1 aromatic heterocycles. The van der Waals surface area contributed by atoms with E-state index in [4.69, 9.17) is 0 Å². The van der Waals surface area contributed by atoms with Gasteiger partial charge in [-0.3, -0.25) is 14.4 Å². The number of amides is 2. The van der Waals surface area contributed by atoms with Gasteiger partial charge in [-0.15, -0.1) is 0 Å². The number of anilines is 2. The lowest BCUT2D eigenvalue weighted by molar-refractivity contribution is -0.119. The van der Waals surface area contributed by atoms with Gasteiger partial charge in [0.05, 0.1) is 5.69 Å². The number of nitrogens with zero attached hydrogens (tertiary/aromatic N) is 2. The van der Waals surface area contributed by atoms with Crippen molar-refractivity contribution in [3.05, 3.63) is 76.1 Å². The minimum Gasteiger partial charge on any atom is -0.326 e. The van der Waals surface area contributed by atoms with Crippen LogP contribution in [0.15, 0.2) is 53.3 Å². The highest BCUT2D eigenvalue weighted by Gasteiger charge is 2.19. The standard InChI is InChI=1S/C23H22F2N4O3/c1-4-21(30)27-20-9-15(6-5-13(20)2)19-7-8-22(31)29(28-19)14(3)23(32)26-18-11-16(24)10-17(25)12-18/h5-12,14H,4H2,1-3H3,(H,26,32)(H,27,30)/t14-/m1/s1. The molecule has 0 fully saturated rings. The highest BCUT2D eigenvalue weighted by atomic mass is 19.1. The van der Waals surface area contributed by atoms with Crippen LogP contribution in [-0.2, 0) is 9.59 Å². The van der Waals surface area contributed by atoms with Crippen molar-refractivity contribution in [3.63, 3.8) is 0 Å². The SMILES string of the molecule is CCC(=O)Nc1cc(-c2ccc(=O)n([C@H](C)C(=O)Nc3cc(F)cc(F)c3)n2)ccc1C. The molecule has 2 aromatic carbocycles. The van der Waals surface area contributed by atoms with Gasteiger partial charge in [0.15, 0.2) is 0 Å². The summed E-state index contributed by atoms with van der Waals surface area (Å²) < 4.78 is 27.8. The van der Waals surface area contributed by atoms with Crippen LogP contribution in [0.25, 0.3) is 11.3 Å². The van der Waals surface area contributed by atoms with Crippen molar-refractivity contribution in [1.29, 1.82) is 0 Å². The maximum atomic E-state index is 13.4. The topological polar surface area (TPSA) is 93.1 Å². The predicted octanol–water partition coefficient (Wildman–Crippen LogP) is 4.05. The first-order valence-corrected chi connectivity index (χ1v) is 9.95. The molecule has 1 atom stereocenters. The maximum absolute atomic E-state index is 13.4. The summed E-state index contributed by atoms with van der Waals surface area (Å²) in [6, 6.07) is 9.70. The Bertz CT molecular complexity index is 1220. The van der Waals surface area contributed by atoms with Crippen molar-refractivity contribution in [1.82, 2.24) is 9.78 Å². The Morgan fingerprint density at radius 1 is 1.03 bits per heavy atom. The molecule has 9 heteroatoms. The molecule has 166 valence electrons. The fourth-order valence-electron chi connectivity index (χ4n) is 3.00. The molecule has 0 aliphatic heterocycles. The van der Waals surface area contributed by atoms with E-state index in [9.17, 15) is 23.2 Å². The van der Waals surface area contributed by atoms with Crippen molar-refractivity contribution in [2.24, 2.45) is 0 Å². The Balaban J connectivity index is 1.90. The molecule has 7 nitrogen and oxygen atoms in total. The minimum absolute atomic E-state index is 0.0709. The zero-order valence-corrected chi connectivity index (χ0v) is 17.8. The highest BCUT2D eigenvalue weighted by molar-refractivity contribution is 5.93. The second-order valence-electron chi connectivity index (χ2n) is 7.26. The van der Waals surface area contributed by atoms with Crippen LogP contribution >= 0.6 is 0 Å². The fraction of sp³-hybridized carbons (Fsp3) is 0.217. The first-order valence-electron chi connectivity index (χ1n) is 9.95. The molecule has 0 aliphatic rings. The van der Waals surface area contributed by atoms with Crippen molar-refractivity contribution < 1.29 is 18.4 Å². The van der Waals surface area contributed by atoms with Gasteiger partial charge in [-0.25, -0.2) is 13.5 Å². The van der Waals surface area contributed by atoms with Crippen LogP contribution in [0, 0.1) is 18.6 Å². The summed E-state index contributed by atoms with van der Waals surface area (Å²) in [5.41, 5.74) is 1.93. The van der Waals surface area contributed by atoms with Crippen LogP contribution in [0.2, 0.25) is 0 Å². The van der Waals surface area contributed by atoms with Crippen LogP contribution < -0.4 is 16.2 Å². The average molecular weight is 440 g/mol. The van der Waals surface area contributed by atoms with E-state index < -0.39 is 29.1 Å². The molecule has 0 unspecified atom stereocenters. The third-order valence-corrected chi connectivity index (χ3v) is 4.83. The van der Waals surface area contributed by atoms with Crippen LogP contribution in [0.4, 0.5) is 20.2 Å². The van der Waals surface area contributed by atoms with Gasteiger partial charge in [-0.1, -0.05) is 19.1 Å². The molecule has 3 aromatic rings. The molecule has 0 bridgehead atoms. The van der Waals surface area contributed by atoms with E-state index in [0.717, 1.165) is 22.4 Å². The molecular weight excluding hydrogens is 418 g/mol. The van der Waals surface area contributed by atoms with Gasteiger partial charge in [0.25, 0.3) is 5.56 Å².